The molecule has 0 saturated carbocycles. The molecule has 1 N–H and O–H groups in total. The molecule has 2 rings (SSSR count). The second-order valence-corrected chi connectivity index (χ2v) is 5.42. The van der Waals surface area contributed by atoms with Gasteiger partial charge in [-0.25, -0.2) is 4.98 Å². The molecule has 0 bridgehead atoms. The van der Waals surface area contributed by atoms with E-state index in [0.717, 1.165) is 26.1 Å². The fourth-order valence-electron chi connectivity index (χ4n) is 1.25. The summed E-state index contributed by atoms with van der Waals surface area (Å²) in [5, 5.41) is 1.60. The highest BCUT2D eigenvalue weighted by Crippen LogP contribution is 2.20. The lowest BCUT2D eigenvalue weighted by molar-refractivity contribution is 0.938. The SMILES string of the molecule is Cc1cnc(SCc2ccc(Cl)cc2)[nH]c1=S. The van der Waals surface area contributed by atoms with Gasteiger partial charge in [0.05, 0.1) is 0 Å². The maximum atomic E-state index is 5.83. The summed E-state index contributed by atoms with van der Waals surface area (Å²) in [6.45, 7) is 1.94. The van der Waals surface area contributed by atoms with Gasteiger partial charge in [0.1, 0.15) is 4.64 Å². The minimum atomic E-state index is 0.749. The highest BCUT2D eigenvalue weighted by atomic mass is 35.5. The minimum Gasteiger partial charge on any atom is -0.325 e. The van der Waals surface area contributed by atoms with Crippen molar-refractivity contribution in [2.75, 3.05) is 0 Å². The number of aromatic nitrogens is 2. The highest BCUT2D eigenvalue weighted by molar-refractivity contribution is 7.98. The molecular weight excluding hydrogens is 272 g/mol. The van der Waals surface area contributed by atoms with Crippen LogP contribution in [0.4, 0.5) is 0 Å². The summed E-state index contributed by atoms with van der Waals surface area (Å²) in [7, 11) is 0. The summed E-state index contributed by atoms with van der Waals surface area (Å²) in [6, 6.07) is 7.81. The van der Waals surface area contributed by atoms with Crippen LogP contribution in [0.5, 0.6) is 0 Å². The van der Waals surface area contributed by atoms with Crippen LogP contribution in [0, 0.1) is 11.6 Å². The van der Waals surface area contributed by atoms with Crippen molar-refractivity contribution in [3.63, 3.8) is 0 Å². The Bertz CT molecular complexity index is 563. The number of benzene rings is 1. The molecule has 0 unspecified atom stereocenters. The third kappa shape index (κ3) is 3.56. The number of aromatic amines is 1. The Morgan fingerprint density at radius 2 is 2.06 bits per heavy atom. The molecule has 2 aromatic rings. The second kappa shape index (κ2) is 5.67. The predicted octanol–water partition coefficient (Wildman–Crippen LogP) is 4.39. The Hall–Kier alpha value is -0.840. The predicted molar refractivity (Wildman–Crippen MR) is 75.2 cm³/mol. The zero-order valence-corrected chi connectivity index (χ0v) is 11.6. The quantitative estimate of drug-likeness (QED) is 0.514. The molecule has 0 radical (unpaired) electrons. The lowest BCUT2D eigenvalue weighted by atomic mass is 10.2. The molecule has 1 aromatic carbocycles. The molecule has 2 nitrogen and oxygen atoms in total. The number of hydrogen-bond acceptors (Lipinski definition) is 3. The maximum absolute atomic E-state index is 5.83. The van der Waals surface area contributed by atoms with Gasteiger partial charge < -0.3 is 4.98 Å². The van der Waals surface area contributed by atoms with E-state index in [0.29, 0.717) is 0 Å². The van der Waals surface area contributed by atoms with Crippen LogP contribution in [0.15, 0.2) is 35.6 Å². The van der Waals surface area contributed by atoms with Gasteiger partial charge in [-0.3, -0.25) is 0 Å². The number of aryl methyl sites for hydroxylation is 1. The fourth-order valence-corrected chi connectivity index (χ4v) is 2.39. The number of nitrogens with zero attached hydrogens (tertiary/aromatic N) is 1. The Labute approximate surface area is 114 Å². The van der Waals surface area contributed by atoms with Crippen molar-refractivity contribution in [3.05, 3.63) is 51.3 Å². The van der Waals surface area contributed by atoms with E-state index < -0.39 is 0 Å². The van der Waals surface area contributed by atoms with E-state index in [4.69, 9.17) is 23.8 Å². The largest absolute Gasteiger partial charge is 0.325 e. The van der Waals surface area contributed by atoms with Crippen molar-refractivity contribution in [1.82, 2.24) is 9.97 Å². The number of rotatable bonds is 3. The highest BCUT2D eigenvalue weighted by Gasteiger charge is 1.99. The van der Waals surface area contributed by atoms with Crippen molar-refractivity contribution in [3.8, 4) is 0 Å². The summed E-state index contributed by atoms with van der Waals surface area (Å²) in [5.41, 5.74) is 2.21. The summed E-state index contributed by atoms with van der Waals surface area (Å²) < 4.78 is 0.749. The van der Waals surface area contributed by atoms with E-state index in [1.165, 1.54) is 5.56 Å². The molecular formula is C12H11ClN2S2. The molecule has 5 heteroatoms. The van der Waals surface area contributed by atoms with Crippen LogP contribution in [0.1, 0.15) is 11.1 Å². The zero-order chi connectivity index (χ0) is 12.3. The molecule has 17 heavy (non-hydrogen) atoms. The van der Waals surface area contributed by atoms with E-state index in [1.54, 1.807) is 18.0 Å². The van der Waals surface area contributed by atoms with Gasteiger partial charge in [-0.15, -0.1) is 0 Å². The average Bonchev–Trinajstić information content (AvgIpc) is 2.33. The van der Waals surface area contributed by atoms with Gasteiger partial charge >= 0.3 is 0 Å². The van der Waals surface area contributed by atoms with Gasteiger partial charge in [-0.05, 0) is 24.6 Å². The number of thioether (sulfide) groups is 1. The zero-order valence-electron chi connectivity index (χ0n) is 9.24. The first-order chi connectivity index (χ1) is 8.15. The summed E-state index contributed by atoms with van der Waals surface area (Å²) in [5.74, 6) is 0.846. The Kier molecular flexibility index (Phi) is 4.20. The van der Waals surface area contributed by atoms with Crippen LogP contribution in [0.25, 0.3) is 0 Å². The number of H-pyrrole nitrogens is 1. The smallest absolute Gasteiger partial charge is 0.166 e. The lowest BCUT2D eigenvalue weighted by Gasteiger charge is -2.02. The second-order valence-electron chi connectivity index (χ2n) is 3.62. The number of halogens is 1. The number of hydrogen-bond donors (Lipinski definition) is 1. The molecule has 0 aliphatic rings. The van der Waals surface area contributed by atoms with Crippen LogP contribution in [-0.4, -0.2) is 9.97 Å². The van der Waals surface area contributed by atoms with Gasteiger partial charge in [-0.2, -0.15) is 0 Å². The molecule has 0 saturated heterocycles. The molecule has 88 valence electrons. The van der Waals surface area contributed by atoms with Crippen LogP contribution in [0.3, 0.4) is 0 Å². The van der Waals surface area contributed by atoms with E-state index in [2.05, 4.69) is 9.97 Å². The third-order valence-electron chi connectivity index (χ3n) is 2.24. The van der Waals surface area contributed by atoms with Gasteiger partial charge in [0.2, 0.25) is 0 Å². The van der Waals surface area contributed by atoms with E-state index >= 15 is 0 Å². The standard InChI is InChI=1S/C12H11ClN2S2/c1-8-6-14-12(15-11(8)16)17-7-9-2-4-10(13)5-3-9/h2-6H,7H2,1H3,(H,14,15,16). The molecule has 0 aliphatic heterocycles. The van der Waals surface area contributed by atoms with E-state index in [1.807, 2.05) is 31.2 Å². The Balaban J connectivity index is 2.04. The average molecular weight is 283 g/mol. The molecule has 0 amide bonds. The fraction of sp³-hybridized carbons (Fsp3) is 0.167. The molecule has 1 heterocycles. The van der Waals surface area contributed by atoms with Crippen molar-refractivity contribution >= 4 is 35.6 Å². The summed E-state index contributed by atoms with van der Waals surface area (Å²) in [4.78, 5) is 7.38. The van der Waals surface area contributed by atoms with Gasteiger partial charge in [0, 0.05) is 22.5 Å². The molecule has 0 atom stereocenters. The number of nitrogens with one attached hydrogen (secondary N) is 1. The summed E-state index contributed by atoms with van der Waals surface area (Å²) >= 11 is 12.6. The van der Waals surface area contributed by atoms with E-state index in [-0.39, 0.29) is 0 Å². The molecule has 1 aromatic heterocycles. The molecule has 0 aliphatic carbocycles. The van der Waals surface area contributed by atoms with Gasteiger partial charge in [0.15, 0.2) is 5.16 Å². The van der Waals surface area contributed by atoms with E-state index in [9.17, 15) is 0 Å². The Morgan fingerprint density at radius 1 is 1.35 bits per heavy atom. The van der Waals surface area contributed by atoms with Gasteiger partial charge in [-0.1, -0.05) is 47.7 Å². The third-order valence-corrected chi connectivity index (χ3v) is 3.88. The van der Waals surface area contributed by atoms with Crippen LogP contribution >= 0.6 is 35.6 Å². The van der Waals surface area contributed by atoms with Crippen LogP contribution in [-0.2, 0) is 5.75 Å². The molecule has 0 fully saturated rings. The Morgan fingerprint density at radius 3 is 2.71 bits per heavy atom. The normalized spacial score (nSPS) is 10.5. The summed E-state index contributed by atoms with van der Waals surface area (Å²) in [6.07, 6.45) is 1.79. The van der Waals surface area contributed by atoms with Crippen LogP contribution < -0.4 is 0 Å². The molecule has 0 spiro atoms. The van der Waals surface area contributed by atoms with Gasteiger partial charge in [0.25, 0.3) is 0 Å². The van der Waals surface area contributed by atoms with Crippen molar-refractivity contribution in [2.24, 2.45) is 0 Å². The minimum absolute atomic E-state index is 0.749. The van der Waals surface area contributed by atoms with Crippen molar-refractivity contribution < 1.29 is 0 Å². The van der Waals surface area contributed by atoms with Crippen LogP contribution in [0.2, 0.25) is 5.02 Å². The van der Waals surface area contributed by atoms with Crippen molar-refractivity contribution in [1.29, 1.82) is 0 Å². The first-order valence-electron chi connectivity index (χ1n) is 5.08. The van der Waals surface area contributed by atoms with Crippen molar-refractivity contribution in [2.45, 2.75) is 17.8 Å². The first kappa shape index (κ1) is 12.6. The maximum Gasteiger partial charge on any atom is 0.166 e. The lowest BCUT2D eigenvalue weighted by Crippen LogP contribution is -1.90. The monoisotopic (exact) mass is 282 g/mol. The first-order valence-corrected chi connectivity index (χ1v) is 6.85. The topological polar surface area (TPSA) is 28.7 Å².